The number of primary sulfonamides is 6. The van der Waals surface area contributed by atoms with Crippen LogP contribution in [-0.4, -0.2) is 156 Å². The molecule has 0 bridgehead atoms. The molecule has 0 spiro atoms. The largest absolute Gasteiger partial charge is 0.478 e. The van der Waals surface area contributed by atoms with E-state index in [0.717, 1.165) is 87.5 Å². The lowest BCUT2D eigenvalue weighted by Gasteiger charge is -2.17. The molecule has 0 aliphatic heterocycles. The lowest BCUT2D eigenvalue weighted by atomic mass is 10.1. The summed E-state index contributed by atoms with van der Waals surface area (Å²) in [6.07, 6.45) is -19.8. The van der Waals surface area contributed by atoms with E-state index in [2.05, 4.69) is 31.9 Å². The number of hydrogen-bond donors (Lipinski definition) is 18. The van der Waals surface area contributed by atoms with Gasteiger partial charge in [-0.15, -0.1) is 0 Å². The first-order valence-corrected chi connectivity index (χ1v) is 52.1. The van der Waals surface area contributed by atoms with Crippen molar-refractivity contribution in [2.45, 2.75) is 148 Å². The lowest BCUT2D eigenvalue weighted by molar-refractivity contribution is 0.0685. The summed E-state index contributed by atoms with van der Waals surface area (Å²) in [4.78, 5) is 64.8. The fourth-order valence-corrected chi connectivity index (χ4v) is 16.1. The molecule has 0 saturated heterocycles. The first kappa shape index (κ1) is 87.5. The number of carbonyl (C=O) groups is 6. The van der Waals surface area contributed by atoms with Crippen molar-refractivity contribution in [2.75, 3.05) is 71.0 Å². The average molecular weight is 2210 g/mol. The zero-order valence-corrected chi connectivity index (χ0v) is 84.4. The molecule has 12 aromatic rings. The zero-order chi connectivity index (χ0) is 133. The summed E-state index contributed by atoms with van der Waals surface area (Å²) in [6, 6.07) is 59.1. The molecule has 24 N–H and O–H groups in total. The summed E-state index contributed by atoms with van der Waals surface area (Å²) >= 11 is 0. The van der Waals surface area contributed by atoms with Crippen LogP contribution in [0.25, 0.3) is 0 Å². The predicted molar refractivity (Wildman–Crippen MR) is 568 cm³/mol. The van der Waals surface area contributed by atoms with Gasteiger partial charge in [-0.1, -0.05) is 189 Å². The molecule has 12 rings (SSSR count). The second kappa shape index (κ2) is 58.3. The molecule has 804 valence electrons. The Bertz CT molecular complexity index is 8620. The van der Waals surface area contributed by atoms with Gasteiger partial charge in [0.15, 0.2) is 34.5 Å². The SMILES string of the molecule is [2H]C(CC([2H])([2H])C)Nc1cc(C(=O)O)cc(S(N)(=O)=O)c1Oc1ccccc1.[2H]C(Nc1cc(C(=O)O)cc(S(N)(=O)=O)c1Oc1ccccc1)C([2H])([2H])C([2H])([2H])C.[2H]C([2H])(C)C([2H])([2H])C([2H])([2H])Nc1cc(C(=O)O)cc(S(N)(=O)=O)c1Oc1ccccc1.[2H]C([2H])(C)C([2H])([2H])CNc1cc(C(=O)O)cc(S(N)(=O)=O)c1Oc1ccccc1.[2H]C([2H])(C)CC([2H])([2H])Nc1cc(C(=O)O)cc(S(N)(=O)=O)c1Oc1ccccc1.[2H]C([2H])([2H])CCCNc1cc(C(=O)O)cc(S(N)(=O)=O)c1Oc1ccccc1. The molecule has 0 radical (unpaired) electrons. The van der Waals surface area contributed by atoms with Gasteiger partial charge in [0.25, 0.3) is 0 Å². The molecule has 0 aliphatic rings. The number of ether oxygens (including phenoxy) is 6. The number of benzene rings is 12. The van der Waals surface area contributed by atoms with E-state index in [0.29, 0.717) is 5.75 Å². The van der Waals surface area contributed by atoms with Crippen molar-refractivity contribution in [1.82, 2.24) is 0 Å². The highest BCUT2D eigenvalue weighted by molar-refractivity contribution is 7.90. The number of sulfonamides is 6. The molecule has 0 fully saturated rings. The van der Waals surface area contributed by atoms with E-state index < -0.39 is 267 Å². The summed E-state index contributed by atoms with van der Waals surface area (Å²) in [5, 5.41) is 102. The van der Waals surface area contributed by atoms with E-state index in [4.69, 9.17) is 93.5 Å². The van der Waals surface area contributed by atoms with Crippen LogP contribution >= 0.6 is 0 Å². The second-order valence-corrected chi connectivity index (χ2v) is 38.7. The average Bonchev–Trinajstić information content (AvgIpc) is 0.750. The Morgan fingerprint density at radius 3 is 0.687 bits per heavy atom. The van der Waals surface area contributed by atoms with Crippen LogP contribution in [0.4, 0.5) is 34.1 Å². The Hall–Kier alpha value is -15.5. The third-order valence-electron chi connectivity index (χ3n) is 18.5. The van der Waals surface area contributed by atoms with Crippen molar-refractivity contribution >= 4 is 130 Å². The first-order chi connectivity index (χ1) is 79.8. The van der Waals surface area contributed by atoms with Crippen LogP contribution in [0, 0.1) is 0 Å². The van der Waals surface area contributed by atoms with Crippen LogP contribution < -0.4 is 91.2 Å². The number of hydrogen-bond acceptors (Lipinski definition) is 30. The van der Waals surface area contributed by atoms with Crippen molar-refractivity contribution in [3.8, 4) is 69.0 Å². The Morgan fingerprint density at radius 2 is 0.473 bits per heavy atom. The summed E-state index contributed by atoms with van der Waals surface area (Å²) in [5.41, 5.74) is -4.04. The normalized spacial score (nSPS) is 15.0. The molecule has 0 amide bonds. The van der Waals surface area contributed by atoms with E-state index >= 15 is 0 Å². The number of nitrogens with one attached hydrogen (secondary N) is 6. The molecule has 12 aromatic carbocycles. The molecule has 2 atom stereocenters. The van der Waals surface area contributed by atoms with Gasteiger partial charge in [-0.2, -0.15) is 0 Å². The monoisotopic (exact) mass is 2210 g/mol. The van der Waals surface area contributed by atoms with E-state index in [9.17, 15) is 110 Å². The molecule has 42 nitrogen and oxygen atoms in total. The minimum absolute atomic E-state index is 0.0600. The van der Waals surface area contributed by atoms with Gasteiger partial charge >= 0.3 is 35.8 Å². The van der Waals surface area contributed by atoms with Crippen LogP contribution in [0.3, 0.4) is 0 Å². The minimum Gasteiger partial charge on any atom is -0.478 e. The molecule has 0 aromatic heterocycles. The van der Waals surface area contributed by atoms with Gasteiger partial charge in [-0.05, 0) is 184 Å². The molecule has 48 heteroatoms. The van der Waals surface area contributed by atoms with Crippen molar-refractivity contribution in [3.05, 3.63) is 288 Å². The third kappa shape index (κ3) is 39.0. The Labute approximate surface area is 904 Å². The minimum atomic E-state index is -4.57. The number of anilines is 6. The van der Waals surface area contributed by atoms with E-state index in [1.54, 1.807) is 133 Å². The third-order valence-corrected chi connectivity index (χ3v) is 24.0. The number of para-hydroxylation sites is 6. The van der Waals surface area contributed by atoms with E-state index in [-0.39, 0.29) is 111 Å². The van der Waals surface area contributed by atoms with Crippen LogP contribution in [0.5, 0.6) is 69.0 Å². The topological polar surface area (TPSA) is 712 Å². The Balaban J connectivity index is 0.000000281. The summed E-state index contributed by atoms with van der Waals surface area (Å²) in [7, 11) is -26.6. The standard InChI is InChI=1S/6C17H20N2O5S/c6*1-2-3-9-19-14-10-12(17(20)21)11-15(25(18,22)23)16(14)24-13-7-5-4-6-8-13/h6*4-8,10-11,19H,2-3,9H2,1H3,(H,20,21)(H2,18,22,23)/i2D2,3D2,9D2;2D2,3D2,9D;2D2,9D2;2D2,9D;2D2,3D2;1D3. The van der Waals surface area contributed by atoms with Crippen molar-refractivity contribution in [1.29, 1.82) is 0 Å². The molecule has 2 unspecified atom stereocenters. The van der Waals surface area contributed by atoms with Crippen LogP contribution in [0.1, 0.15) is 215 Å². The molecule has 0 saturated carbocycles. The van der Waals surface area contributed by atoms with Gasteiger partial charge in [0.2, 0.25) is 60.1 Å². The van der Waals surface area contributed by atoms with Crippen LogP contribution in [0.2, 0.25) is 0 Å². The van der Waals surface area contributed by atoms with Gasteiger partial charge < -0.3 is 91.0 Å². The fraction of sp³-hybridized carbons (Fsp3) is 0.235. The summed E-state index contributed by atoms with van der Waals surface area (Å²) in [5.74, 6) is -9.56. The summed E-state index contributed by atoms with van der Waals surface area (Å²) in [6.45, 7) is -5.86. The van der Waals surface area contributed by atoms with Crippen molar-refractivity contribution in [3.63, 3.8) is 0 Å². The maximum absolute atomic E-state index is 12.1. The van der Waals surface area contributed by atoms with Gasteiger partial charge in [0, 0.05) is 73.4 Å². The second-order valence-electron chi connectivity index (χ2n) is 29.6. The van der Waals surface area contributed by atoms with Gasteiger partial charge in [-0.3, -0.25) is 0 Å². The maximum Gasteiger partial charge on any atom is 0.335 e. The van der Waals surface area contributed by atoms with Crippen molar-refractivity contribution in [2.24, 2.45) is 30.8 Å². The smallest absolute Gasteiger partial charge is 0.335 e. The number of nitrogens with two attached hydrogens (primary N) is 6. The lowest BCUT2D eigenvalue weighted by Crippen LogP contribution is -2.16. The predicted octanol–water partition coefficient (Wildman–Crippen LogP) is 18.2. The van der Waals surface area contributed by atoms with E-state index in [1.165, 1.54) is 68.4 Å². The fourth-order valence-electron chi connectivity index (χ4n) is 11.9. The Kier molecular flexibility index (Phi) is 34.0. The highest BCUT2D eigenvalue weighted by atomic mass is 32.2. The quantitative estimate of drug-likeness (QED) is 0.0157. The van der Waals surface area contributed by atoms with Crippen LogP contribution in [-0.2, 0) is 60.1 Å². The van der Waals surface area contributed by atoms with Gasteiger partial charge in [0.05, 0.1) is 67.5 Å². The maximum atomic E-state index is 12.1. The molecular weight excluding hydrogens is 2070 g/mol. The highest BCUT2D eigenvalue weighted by Crippen LogP contribution is 2.45. The number of carboxylic acids is 6. The molecule has 150 heavy (non-hydrogen) atoms. The molecule has 0 heterocycles. The van der Waals surface area contributed by atoms with Crippen molar-refractivity contribution < 1.29 is 173 Å². The summed E-state index contributed by atoms with van der Waals surface area (Å²) < 4.78 is 372. The molecule has 0 aliphatic carbocycles. The first-order valence-electron chi connectivity index (χ1n) is 55.5. The van der Waals surface area contributed by atoms with Crippen LogP contribution in [0.15, 0.2) is 284 Å². The number of rotatable bonds is 48. The van der Waals surface area contributed by atoms with Gasteiger partial charge in [0.1, 0.15) is 63.9 Å². The number of carboxylic acid groups (broad SMARTS) is 6. The van der Waals surface area contributed by atoms with E-state index in [1.807, 2.05) is 0 Å². The molecular formula is C102H120N12O30S6. The zero-order valence-electron chi connectivity index (χ0n) is 105. The van der Waals surface area contributed by atoms with Gasteiger partial charge in [-0.25, -0.2) is 110 Å². The highest BCUT2D eigenvalue weighted by Gasteiger charge is 2.31. The number of aromatic carboxylic acids is 6. The Morgan fingerprint density at radius 1 is 0.260 bits per heavy atom.